The lowest BCUT2D eigenvalue weighted by Crippen LogP contribution is -2.30. The first-order valence-electron chi connectivity index (χ1n) is 9.45. The molecule has 0 aliphatic carbocycles. The predicted molar refractivity (Wildman–Crippen MR) is 113 cm³/mol. The van der Waals surface area contributed by atoms with E-state index in [4.69, 9.17) is 9.47 Å². The molecular weight excluding hydrogens is 390 g/mol. The van der Waals surface area contributed by atoms with Gasteiger partial charge in [-0.25, -0.2) is 9.97 Å². The van der Waals surface area contributed by atoms with Gasteiger partial charge in [-0.1, -0.05) is 11.8 Å². The molecule has 0 bridgehead atoms. The maximum absolute atomic E-state index is 12.3. The number of ether oxygens (including phenoxy) is 2. The standard InChI is InChI=1S/C21H27N3O4S/c1-6-27-17-9-7-16(8-10-17)24-20(26)15(4)28-19(25)12-11-18-13(2)22-21(29-5)23-14(18)3/h7-10,15H,6,11-12H2,1-5H3,(H,24,26). The topological polar surface area (TPSA) is 90.4 Å². The third-order valence-electron chi connectivity index (χ3n) is 4.27. The van der Waals surface area contributed by atoms with Crippen LogP contribution in [0.1, 0.15) is 37.2 Å². The van der Waals surface area contributed by atoms with Gasteiger partial charge in [0.25, 0.3) is 5.91 Å². The number of aromatic nitrogens is 2. The molecule has 7 nitrogen and oxygen atoms in total. The van der Waals surface area contributed by atoms with Gasteiger partial charge in [0.1, 0.15) is 5.75 Å². The Kier molecular flexibility index (Phi) is 8.45. The summed E-state index contributed by atoms with van der Waals surface area (Å²) in [6, 6.07) is 7.01. The Balaban J connectivity index is 1.86. The normalized spacial score (nSPS) is 11.6. The third-order valence-corrected chi connectivity index (χ3v) is 4.82. The number of rotatable bonds is 9. The van der Waals surface area contributed by atoms with Crippen LogP contribution in [0.2, 0.25) is 0 Å². The number of esters is 1. The van der Waals surface area contributed by atoms with E-state index < -0.39 is 12.1 Å². The van der Waals surface area contributed by atoms with Gasteiger partial charge in [-0.2, -0.15) is 0 Å². The monoisotopic (exact) mass is 417 g/mol. The fraction of sp³-hybridized carbons (Fsp3) is 0.429. The molecule has 2 rings (SSSR count). The van der Waals surface area contributed by atoms with Gasteiger partial charge in [0.15, 0.2) is 11.3 Å². The molecule has 2 aromatic rings. The van der Waals surface area contributed by atoms with Crippen LogP contribution in [0.4, 0.5) is 5.69 Å². The molecule has 0 spiro atoms. The molecule has 8 heteroatoms. The van der Waals surface area contributed by atoms with Crippen molar-refractivity contribution in [2.45, 2.75) is 51.8 Å². The van der Waals surface area contributed by atoms with Crippen molar-refractivity contribution < 1.29 is 19.1 Å². The van der Waals surface area contributed by atoms with Gasteiger partial charge in [-0.15, -0.1) is 0 Å². The number of nitrogens with one attached hydrogen (secondary N) is 1. The minimum absolute atomic E-state index is 0.157. The molecule has 156 valence electrons. The first-order valence-corrected chi connectivity index (χ1v) is 10.7. The van der Waals surface area contributed by atoms with Crippen molar-refractivity contribution >= 4 is 29.3 Å². The van der Waals surface area contributed by atoms with Gasteiger partial charge in [0.2, 0.25) is 0 Å². The van der Waals surface area contributed by atoms with E-state index in [-0.39, 0.29) is 12.3 Å². The van der Waals surface area contributed by atoms with Crippen LogP contribution in [-0.2, 0) is 20.7 Å². The van der Waals surface area contributed by atoms with Crippen molar-refractivity contribution in [1.82, 2.24) is 9.97 Å². The number of amides is 1. The highest BCUT2D eigenvalue weighted by Crippen LogP contribution is 2.18. The van der Waals surface area contributed by atoms with Crippen LogP contribution in [0.5, 0.6) is 5.75 Å². The number of thioether (sulfide) groups is 1. The third kappa shape index (κ3) is 6.74. The summed E-state index contributed by atoms with van der Waals surface area (Å²) in [7, 11) is 0. The summed E-state index contributed by atoms with van der Waals surface area (Å²) >= 11 is 1.48. The number of hydrogen-bond donors (Lipinski definition) is 1. The van der Waals surface area contributed by atoms with Gasteiger partial charge in [0, 0.05) is 23.5 Å². The number of carbonyl (C=O) groups is 2. The maximum Gasteiger partial charge on any atom is 0.306 e. The molecule has 1 N–H and O–H groups in total. The van der Waals surface area contributed by atoms with Crippen LogP contribution in [0.25, 0.3) is 0 Å². The number of aryl methyl sites for hydroxylation is 2. The summed E-state index contributed by atoms with van der Waals surface area (Å²) in [6.45, 7) is 7.84. The second-order valence-corrected chi connectivity index (χ2v) is 7.21. The fourth-order valence-corrected chi connectivity index (χ4v) is 3.20. The van der Waals surface area contributed by atoms with E-state index in [1.807, 2.05) is 27.0 Å². The summed E-state index contributed by atoms with van der Waals surface area (Å²) in [5, 5.41) is 3.44. The van der Waals surface area contributed by atoms with Crippen molar-refractivity contribution in [3.8, 4) is 5.75 Å². The van der Waals surface area contributed by atoms with Crippen LogP contribution in [0.15, 0.2) is 29.4 Å². The molecule has 1 heterocycles. The van der Waals surface area contributed by atoms with Gasteiger partial charge < -0.3 is 14.8 Å². The minimum atomic E-state index is -0.897. The second-order valence-electron chi connectivity index (χ2n) is 6.44. The van der Waals surface area contributed by atoms with Gasteiger partial charge >= 0.3 is 5.97 Å². The van der Waals surface area contributed by atoms with Crippen molar-refractivity contribution in [3.63, 3.8) is 0 Å². The summed E-state index contributed by atoms with van der Waals surface area (Å²) < 4.78 is 10.6. The van der Waals surface area contributed by atoms with E-state index in [9.17, 15) is 9.59 Å². The van der Waals surface area contributed by atoms with Gasteiger partial charge in [-0.3, -0.25) is 9.59 Å². The molecular formula is C21H27N3O4S. The molecule has 1 aromatic heterocycles. The van der Waals surface area contributed by atoms with Crippen LogP contribution in [0.3, 0.4) is 0 Å². The van der Waals surface area contributed by atoms with Crippen LogP contribution in [0, 0.1) is 13.8 Å². The zero-order chi connectivity index (χ0) is 21.4. The van der Waals surface area contributed by atoms with Crippen molar-refractivity contribution in [2.75, 3.05) is 18.2 Å². The largest absolute Gasteiger partial charge is 0.494 e. The first kappa shape index (κ1) is 22.7. The molecule has 0 radical (unpaired) electrons. The molecule has 0 fully saturated rings. The van der Waals surface area contributed by atoms with Gasteiger partial charge in [0.05, 0.1) is 6.61 Å². The van der Waals surface area contributed by atoms with E-state index in [1.165, 1.54) is 11.8 Å². The van der Waals surface area contributed by atoms with Crippen LogP contribution in [-0.4, -0.2) is 40.8 Å². The Morgan fingerprint density at radius 3 is 2.31 bits per heavy atom. The zero-order valence-electron chi connectivity index (χ0n) is 17.4. The number of hydrogen-bond acceptors (Lipinski definition) is 7. The Morgan fingerprint density at radius 1 is 1.14 bits per heavy atom. The highest BCUT2D eigenvalue weighted by molar-refractivity contribution is 7.98. The van der Waals surface area contributed by atoms with Crippen LogP contribution >= 0.6 is 11.8 Å². The molecule has 29 heavy (non-hydrogen) atoms. The predicted octanol–water partition coefficient (Wildman–Crippen LogP) is 3.72. The number of anilines is 1. The first-order chi connectivity index (χ1) is 13.8. The quantitative estimate of drug-likeness (QED) is 0.378. The SMILES string of the molecule is CCOc1ccc(NC(=O)C(C)OC(=O)CCc2c(C)nc(SC)nc2C)cc1. The number of nitrogens with zero attached hydrogens (tertiary/aromatic N) is 2. The summed E-state index contributed by atoms with van der Waals surface area (Å²) in [5.74, 6) is -0.0975. The van der Waals surface area contributed by atoms with Crippen molar-refractivity contribution in [1.29, 1.82) is 0 Å². The fourth-order valence-electron chi connectivity index (χ4n) is 2.74. The highest BCUT2D eigenvalue weighted by Gasteiger charge is 2.19. The molecule has 1 aromatic carbocycles. The van der Waals surface area contributed by atoms with Crippen LogP contribution < -0.4 is 10.1 Å². The lowest BCUT2D eigenvalue weighted by molar-refractivity contribution is -0.153. The number of carbonyl (C=O) groups excluding carboxylic acids is 2. The van der Waals surface area contributed by atoms with Crippen molar-refractivity contribution in [3.05, 3.63) is 41.2 Å². The molecule has 0 saturated carbocycles. The lowest BCUT2D eigenvalue weighted by Gasteiger charge is -2.14. The maximum atomic E-state index is 12.3. The zero-order valence-corrected chi connectivity index (χ0v) is 18.3. The van der Waals surface area contributed by atoms with Crippen molar-refractivity contribution in [2.24, 2.45) is 0 Å². The minimum Gasteiger partial charge on any atom is -0.494 e. The van der Waals surface area contributed by atoms with E-state index in [0.717, 1.165) is 22.7 Å². The molecule has 0 aliphatic rings. The highest BCUT2D eigenvalue weighted by atomic mass is 32.2. The van der Waals surface area contributed by atoms with E-state index in [2.05, 4.69) is 15.3 Å². The molecule has 1 amide bonds. The van der Waals surface area contributed by atoms with E-state index >= 15 is 0 Å². The average molecular weight is 418 g/mol. The Morgan fingerprint density at radius 2 is 1.76 bits per heavy atom. The summed E-state index contributed by atoms with van der Waals surface area (Å²) in [4.78, 5) is 33.3. The second kappa shape index (κ2) is 10.8. The Bertz CT molecular complexity index is 832. The molecule has 0 aliphatic heterocycles. The smallest absolute Gasteiger partial charge is 0.306 e. The Labute approximate surface area is 175 Å². The molecule has 0 saturated heterocycles. The molecule has 1 atom stereocenters. The van der Waals surface area contributed by atoms with E-state index in [0.29, 0.717) is 23.9 Å². The molecule has 1 unspecified atom stereocenters. The summed E-state index contributed by atoms with van der Waals surface area (Å²) in [5.41, 5.74) is 3.26. The van der Waals surface area contributed by atoms with E-state index in [1.54, 1.807) is 31.2 Å². The van der Waals surface area contributed by atoms with Gasteiger partial charge in [-0.05, 0) is 70.2 Å². The number of benzene rings is 1. The summed E-state index contributed by atoms with van der Waals surface area (Å²) in [6.07, 6.45) is 1.65. The lowest BCUT2D eigenvalue weighted by atomic mass is 10.1. The average Bonchev–Trinajstić information content (AvgIpc) is 2.68. The Hall–Kier alpha value is -2.61.